The first-order chi connectivity index (χ1) is 13.7. The summed E-state index contributed by atoms with van der Waals surface area (Å²) in [5, 5.41) is 9.84. The fourth-order valence-corrected chi connectivity index (χ4v) is 10.0. The number of carbonyl (C=O) groups is 1. The van der Waals surface area contributed by atoms with E-state index in [1.54, 1.807) is 6.07 Å². The van der Waals surface area contributed by atoms with Gasteiger partial charge < -0.3 is 9.53 Å². The van der Waals surface area contributed by atoms with E-state index in [1.807, 2.05) is 18.2 Å². The van der Waals surface area contributed by atoms with E-state index in [-0.39, 0.29) is 0 Å². The van der Waals surface area contributed by atoms with Crippen molar-refractivity contribution in [3.8, 4) is 5.75 Å². The highest BCUT2D eigenvalue weighted by Gasteiger charge is 2.47. The fraction of sp³-hybridized carbons (Fsp3) is 0.480. The topological polar surface area (TPSA) is 46.5 Å². The van der Waals surface area contributed by atoms with Gasteiger partial charge in [-0.25, -0.2) is 4.79 Å². The van der Waals surface area contributed by atoms with Crippen LogP contribution >= 0.6 is 0 Å². The van der Waals surface area contributed by atoms with Gasteiger partial charge in [0.05, 0.1) is 0 Å². The number of aryl methyl sites for hydroxylation is 2. The molecular formula is C25H36O3Si. The molecule has 0 heterocycles. The molecule has 0 aliphatic heterocycles. The molecule has 4 heteroatoms. The Morgan fingerprint density at radius 2 is 1.45 bits per heavy atom. The van der Waals surface area contributed by atoms with Crippen molar-refractivity contribution in [2.45, 2.75) is 77.4 Å². The Morgan fingerprint density at radius 1 is 0.862 bits per heavy atom. The van der Waals surface area contributed by atoms with E-state index in [0.717, 1.165) is 24.8 Å². The molecular weight excluding hydrogens is 376 g/mol. The van der Waals surface area contributed by atoms with Crippen molar-refractivity contribution in [3.63, 3.8) is 0 Å². The van der Waals surface area contributed by atoms with Gasteiger partial charge in [-0.15, -0.1) is 0 Å². The molecule has 0 saturated carbocycles. The van der Waals surface area contributed by atoms with Gasteiger partial charge in [0, 0.05) is 0 Å². The molecule has 0 atom stereocenters. The van der Waals surface area contributed by atoms with E-state index in [4.69, 9.17) is 4.43 Å². The maximum atomic E-state index is 12.0. The normalized spacial score (nSPS) is 12.0. The van der Waals surface area contributed by atoms with E-state index in [0.29, 0.717) is 27.9 Å². The van der Waals surface area contributed by atoms with Crippen molar-refractivity contribution >= 4 is 14.3 Å². The summed E-state index contributed by atoms with van der Waals surface area (Å²) in [6.45, 7) is 13.4. The van der Waals surface area contributed by atoms with Crippen molar-refractivity contribution in [3.05, 3.63) is 65.2 Å². The van der Waals surface area contributed by atoms with E-state index in [1.165, 1.54) is 5.56 Å². The summed E-state index contributed by atoms with van der Waals surface area (Å²) < 4.78 is 6.87. The smallest absolute Gasteiger partial charge is 0.339 e. The lowest BCUT2D eigenvalue weighted by atomic mass is 10.0. The van der Waals surface area contributed by atoms with Gasteiger partial charge in [-0.2, -0.15) is 0 Å². The van der Waals surface area contributed by atoms with Crippen LogP contribution in [-0.2, 0) is 12.8 Å². The highest BCUT2D eigenvalue weighted by molar-refractivity contribution is 6.78. The van der Waals surface area contributed by atoms with Crippen molar-refractivity contribution in [1.29, 1.82) is 0 Å². The van der Waals surface area contributed by atoms with E-state index >= 15 is 0 Å². The lowest BCUT2D eigenvalue weighted by molar-refractivity contribution is 0.0694. The minimum absolute atomic E-state index is 0.293. The number of aromatic carboxylic acids is 1. The minimum atomic E-state index is -2.24. The Hall–Kier alpha value is -2.07. The lowest BCUT2D eigenvalue weighted by Crippen LogP contribution is -2.51. The second-order valence-corrected chi connectivity index (χ2v) is 14.2. The first-order valence-electron chi connectivity index (χ1n) is 10.8. The van der Waals surface area contributed by atoms with Gasteiger partial charge in [-0.3, -0.25) is 0 Å². The molecule has 158 valence electrons. The van der Waals surface area contributed by atoms with Gasteiger partial charge in [0.1, 0.15) is 11.3 Å². The van der Waals surface area contributed by atoms with Crippen LogP contribution in [-0.4, -0.2) is 19.4 Å². The monoisotopic (exact) mass is 412 g/mol. The number of rotatable bonds is 10. The molecule has 1 N–H and O–H groups in total. The van der Waals surface area contributed by atoms with Crippen LogP contribution in [0.3, 0.4) is 0 Å². The van der Waals surface area contributed by atoms with Crippen molar-refractivity contribution < 1.29 is 14.3 Å². The predicted molar refractivity (Wildman–Crippen MR) is 124 cm³/mol. The minimum Gasteiger partial charge on any atom is -0.542 e. The Kier molecular flexibility index (Phi) is 8.09. The van der Waals surface area contributed by atoms with E-state index in [2.05, 4.69) is 65.8 Å². The van der Waals surface area contributed by atoms with E-state index in [9.17, 15) is 9.90 Å². The number of hydrogen-bond acceptors (Lipinski definition) is 2. The molecule has 29 heavy (non-hydrogen) atoms. The average Bonchev–Trinajstić information content (AvgIpc) is 2.66. The summed E-state index contributed by atoms with van der Waals surface area (Å²) in [6.07, 6.45) is 2.74. The summed E-state index contributed by atoms with van der Waals surface area (Å²) >= 11 is 0. The zero-order chi connectivity index (χ0) is 21.6. The van der Waals surface area contributed by atoms with E-state index < -0.39 is 14.3 Å². The average molecular weight is 413 g/mol. The zero-order valence-electron chi connectivity index (χ0n) is 18.7. The van der Waals surface area contributed by atoms with Gasteiger partial charge in [0.15, 0.2) is 0 Å². The Balaban J connectivity index is 2.38. The maximum Gasteiger partial charge on any atom is 0.339 e. The second-order valence-electron chi connectivity index (χ2n) is 8.86. The third-order valence-electron chi connectivity index (χ3n) is 6.07. The molecule has 2 aromatic carbocycles. The Morgan fingerprint density at radius 3 is 1.97 bits per heavy atom. The summed E-state index contributed by atoms with van der Waals surface area (Å²) in [5.41, 5.74) is 3.78. The number of benzene rings is 2. The molecule has 0 unspecified atom stereocenters. The molecule has 0 aromatic heterocycles. The summed E-state index contributed by atoms with van der Waals surface area (Å²) in [6, 6.07) is 16.0. The highest BCUT2D eigenvalue weighted by Crippen LogP contribution is 2.44. The van der Waals surface area contributed by atoms with Crippen LogP contribution in [0.25, 0.3) is 0 Å². The summed E-state index contributed by atoms with van der Waals surface area (Å²) in [5.74, 6) is -0.306. The lowest BCUT2D eigenvalue weighted by Gasteiger charge is -2.43. The van der Waals surface area contributed by atoms with Crippen LogP contribution in [0.4, 0.5) is 0 Å². The third kappa shape index (κ3) is 5.30. The maximum absolute atomic E-state index is 12.0. The third-order valence-corrected chi connectivity index (χ3v) is 12.0. The van der Waals surface area contributed by atoms with Gasteiger partial charge >= 0.3 is 5.97 Å². The quantitative estimate of drug-likeness (QED) is 0.423. The van der Waals surface area contributed by atoms with Crippen LogP contribution in [0.2, 0.25) is 16.6 Å². The van der Waals surface area contributed by atoms with Crippen LogP contribution in [0.5, 0.6) is 5.75 Å². The van der Waals surface area contributed by atoms with Crippen LogP contribution < -0.4 is 4.43 Å². The highest BCUT2D eigenvalue weighted by atomic mass is 28.4. The molecule has 2 aromatic rings. The first-order valence-corrected chi connectivity index (χ1v) is 12.9. The predicted octanol–water partition coefficient (Wildman–Crippen LogP) is 7.11. The van der Waals surface area contributed by atoms with Gasteiger partial charge in [0.25, 0.3) is 8.32 Å². The van der Waals surface area contributed by atoms with Crippen molar-refractivity contribution in [2.75, 3.05) is 0 Å². The second kappa shape index (κ2) is 10.1. The SMILES string of the molecule is CC(C)[Si](Oc1c(CCCc2ccccc2)cccc1C(=O)O)(C(C)C)C(C)C. The van der Waals surface area contributed by atoms with Crippen molar-refractivity contribution in [1.82, 2.24) is 0 Å². The van der Waals surface area contributed by atoms with Gasteiger partial charge in [-0.05, 0) is 53.1 Å². The molecule has 0 aliphatic rings. The van der Waals surface area contributed by atoms with Crippen LogP contribution in [0.1, 0.15) is 69.4 Å². The number of hydrogen-bond donors (Lipinski definition) is 1. The molecule has 2 rings (SSSR count). The fourth-order valence-electron chi connectivity index (χ4n) is 4.73. The molecule has 3 nitrogen and oxygen atoms in total. The van der Waals surface area contributed by atoms with Gasteiger partial charge in [-0.1, -0.05) is 84.0 Å². The van der Waals surface area contributed by atoms with Gasteiger partial charge in [0.2, 0.25) is 0 Å². The number of para-hydroxylation sites is 1. The number of carboxylic acid groups (broad SMARTS) is 1. The Labute approximate surface area is 177 Å². The molecule has 0 spiro atoms. The zero-order valence-corrected chi connectivity index (χ0v) is 19.7. The molecule has 0 saturated heterocycles. The summed E-state index contributed by atoms with van der Waals surface area (Å²) in [4.78, 5) is 12.0. The van der Waals surface area contributed by atoms with Crippen LogP contribution in [0.15, 0.2) is 48.5 Å². The molecule has 0 bridgehead atoms. The largest absolute Gasteiger partial charge is 0.542 e. The summed E-state index contributed by atoms with van der Waals surface area (Å²) in [7, 11) is -2.24. The van der Waals surface area contributed by atoms with Crippen molar-refractivity contribution in [2.24, 2.45) is 0 Å². The van der Waals surface area contributed by atoms with Crippen LogP contribution in [0, 0.1) is 0 Å². The standard InChI is InChI=1S/C25H36O3Si/c1-18(2)29(19(3)4,20(5)6)28-24-22(16-11-17-23(24)25(26)27)15-10-14-21-12-8-7-9-13-21/h7-9,11-13,16-20H,10,14-15H2,1-6H3,(H,26,27). The first kappa shape index (κ1) is 23.2. The molecule has 0 aliphatic carbocycles. The molecule has 0 radical (unpaired) electrons. The number of carboxylic acids is 1. The molecule has 0 amide bonds. The Bertz CT molecular complexity index is 775. The molecule has 0 fully saturated rings.